The maximum Gasteiger partial charge on any atom is 0.159 e. The Morgan fingerprint density at radius 3 is 2.40 bits per heavy atom. The first-order valence-electron chi connectivity index (χ1n) is 15.7. The minimum atomic E-state index is -0.500. The van der Waals surface area contributed by atoms with Crippen LogP contribution in [0.2, 0.25) is 0 Å². The number of hydrogen-bond acceptors (Lipinski definition) is 5. The molecule has 0 saturated carbocycles. The normalized spacial score (nSPS) is 21.5. The summed E-state index contributed by atoms with van der Waals surface area (Å²) in [5, 5.41) is 10.5. The number of hydrazine groups is 1. The van der Waals surface area contributed by atoms with E-state index in [0.29, 0.717) is 5.92 Å². The lowest BCUT2D eigenvalue weighted by Gasteiger charge is -2.20. The second kappa shape index (κ2) is 11.5. The smallest absolute Gasteiger partial charge is 0.159 e. The number of nitrogens with one attached hydrogen (secondary N) is 1. The van der Waals surface area contributed by atoms with Gasteiger partial charge in [0.25, 0.3) is 0 Å². The van der Waals surface area contributed by atoms with E-state index in [2.05, 4.69) is 144 Å². The molecule has 0 amide bonds. The largest absolute Gasteiger partial charge is 0.454 e. The van der Waals surface area contributed by atoms with Crippen LogP contribution in [-0.4, -0.2) is 16.3 Å². The van der Waals surface area contributed by atoms with Crippen molar-refractivity contribution in [1.29, 1.82) is 0 Å². The van der Waals surface area contributed by atoms with Crippen LogP contribution in [0, 0.1) is 5.92 Å². The fourth-order valence-corrected chi connectivity index (χ4v) is 6.76. The lowest BCUT2D eigenvalue weighted by Crippen LogP contribution is -2.39. The molecular formula is C40H36N4O. The molecule has 6 aromatic rings. The number of anilines is 1. The van der Waals surface area contributed by atoms with Gasteiger partial charge in [0.15, 0.2) is 5.58 Å². The molecule has 1 aliphatic heterocycles. The summed E-state index contributed by atoms with van der Waals surface area (Å²) in [6, 6.07) is 42.5. The monoisotopic (exact) mass is 588 g/mol. The number of hydrogen-bond donors (Lipinski definition) is 2. The number of furan rings is 1. The highest BCUT2D eigenvalue weighted by atomic mass is 16.3. The van der Waals surface area contributed by atoms with E-state index in [1.807, 2.05) is 18.2 Å². The van der Waals surface area contributed by atoms with Crippen molar-refractivity contribution in [3.63, 3.8) is 0 Å². The number of para-hydroxylation sites is 1. The van der Waals surface area contributed by atoms with Gasteiger partial charge in [0.05, 0.1) is 5.69 Å². The molecule has 1 aliphatic carbocycles. The Morgan fingerprint density at radius 1 is 0.822 bits per heavy atom. The van der Waals surface area contributed by atoms with Crippen molar-refractivity contribution < 1.29 is 4.42 Å². The summed E-state index contributed by atoms with van der Waals surface area (Å²) in [4.78, 5) is 0. The minimum absolute atomic E-state index is 0.0277. The van der Waals surface area contributed by atoms with Gasteiger partial charge >= 0.3 is 0 Å². The molecule has 3 N–H and O–H groups in total. The van der Waals surface area contributed by atoms with Gasteiger partial charge in [-0.15, -0.1) is 0 Å². The first kappa shape index (κ1) is 27.6. The highest BCUT2D eigenvalue weighted by Gasteiger charge is 2.50. The Bertz CT molecular complexity index is 2050. The zero-order valence-electron chi connectivity index (χ0n) is 25.3. The predicted octanol–water partition coefficient (Wildman–Crippen LogP) is 9.32. The lowest BCUT2D eigenvalue weighted by atomic mass is 9.90. The van der Waals surface area contributed by atoms with E-state index in [0.717, 1.165) is 51.7 Å². The predicted molar refractivity (Wildman–Crippen MR) is 185 cm³/mol. The molecule has 0 radical (unpaired) electrons. The third-order valence-corrected chi connectivity index (χ3v) is 9.01. The standard InChI is InChI=1S/C40H36N4O/c1-27-12-10-17-30(24-27)31-18-11-19-32(25-31)39-43(26-28-13-4-2-5-14-28)44(39)40(41)42-37-33(29-15-6-3-7-16-29)22-23-35-34-20-8-9-21-36(34)45-38(35)37/h2-23,25,27,39-40,42H,24,26,41H2,1H3/t27?,39?,40?,43-,44?/m1/s1. The molecule has 5 nitrogen and oxygen atoms in total. The van der Waals surface area contributed by atoms with E-state index >= 15 is 0 Å². The minimum Gasteiger partial charge on any atom is -0.454 e. The molecule has 2 heterocycles. The molecular weight excluding hydrogens is 552 g/mol. The molecule has 5 atom stereocenters. The highest BCUT2D eigenvalue weighted by molar-refractivity contribution is 6.11. The summed E-state index contributed by atoms with van der Waals surface area (Å²) in [5.74, 6) is 0.540. The first-order chi connectivity index (χ1) is 22.1. The number of nitrogens with zero attached hydrogens (tertiary/aromatic N) is 2. The topological polar surface area (TPSA) is 57.2 Å². The number of rotatable bonds is 8. The van der Waals surface area contributed by atoms with Crippen LogP contribution in [0.1, 0.15) is 36.2 Å². The van der Waals surface area contributed by atoms with Crippen molar-refractivity contribution in [1.82, 2.24) is 10.0 Å². The Hall–Kier alpha value is -4.94. The van der Waals surface area contributed by atoms with Crippen LogP contribution in [0.5, 0.6) is 0 Å². The van der Waals surface area contributed by atoms with Gasteiger partial charge in [-0.05, 0) is 58.4 Å². The van der Waals surface area contributed by atoms with Gasteiger partial charge in [-0.2, -0.15) is 5.01 Å². The van der Waals surface area contributed by atoms with Gasteiger partial charge in [-0.1, -0.05) is 128 Å². The van der Waals surface area contributed by atoms with Crippen LogP contribution >= 0.6 is 0 Å². The van der Waals surface area contributed by atoms with Crippen LogP contribution in [0.25, 0.3) is 38.6 Å². The number of allylic oxidation sites excluding steroid dienone is 4. The van der Waals surface area contributed by atoms with Gasteiger partial charge in [-0.25, -0.2) is 5.01 Å². The van der Waals surface area contributed by atoms with E-state index in [1.165, 1.54) is 22.3 Å². The lowest BCUT2D eigenvalue weighted by molar-refractivity contribution is 0.253. The molecule has 1 fully saturated rings. The van der Waals surface area contributed by atoms with Crippen molar-refractivity contribution in [3.05, 3.63) is 156 Å². The fourth-order valence-electron chi connectivity index (χ4n) is 6.76. The molecule has 8 rings (SSSR count). The van der Waals surface area contributed by atoms with Gasteiger partial charge in [0.1, 0.15) is 18.0 Å². The molecule has 5 aromatic carbocycles. The summed E-state index contributed by atoms with van der Waals surface area (Å²) >= 11 is 0. The van der Waals surface area contributed by atoms with Gasteiger partial charge in [0, 0.05) is 22.9 Å². The Morgan fingerprint density at radius 2 is 1.58 bits per heavy atom. The van der Waals surface area contributed by atoms with E-state index < -0.39 is 6.29 Å². The maximum absolute atomic E-state index is 7.13. The summed E-state index contributed by atoms with van der Waals surface area (Å²) in [6.07, 6.45) is 7.28. The number of nitrogens with two attached hydrogens (primary N) is 1. The van der Waals surface area contributed by atoms with Crippen molar-refractivity contribution in [2.45, 2.75) is 32.3 Å². The molecule has 0 spiro atoms. The van der Waals surface area contributed by atoms with Crippen molar-refractivity contribution >= 4 is 33.2 Å². The van der Waals surface area contributed by atoms with Gasteiger partial charge < -0.3 is 9.73 Å². The number of benzene rings is 5. The molecule has 2 aliphatic rings. The molecule has 1 saturated heterocycles. The maximum atomic E-state index is 7.13. The quantitative estimate of drug-likeness (QED) is 0.137. The molecule has 1 aromatic heterocycles. The molecule has 45 heavy (non-hydrogen) atoms. The van der Waals surface area contributed by atoms with Crippen LogP contribution < -0.4 is 11.1 Å². The summed E-state index contributed by atoms with van der Waals surface area (Å²) in [5.41, 5.74) is 17.0. The zero-order valence-corrected chi connectivity index (χ0v) is 25.3. The fraction of sp³-hybridized carbons (Fsp3) is 0.150. The second-order valence-electron chi connectivity index (χ2n) is 12.1. The van der Waals surface area contributed by atoms with Crippen molar-refractivity contribution in [3.8, 4) is 11.1 Å². The van der Waals surface area contributed by atoms with E-state index in [4.69, 9.17) is 10.2 Å². The average Bonchev–Trinajstić information content (AvgIpc) is 3.67. The van der Waals surface area contributed by atoms with Crippen molar-refractivity contribution in [2.24, 2.45) is 11.7 Å². The molecule has 4 unspecified atom stereocenters. The van der Waals surface area contributed by atoms with Gasteiger partial charge in [-0.3, -0.25) is 5.73 Å². The van der Waals surface area contributed by atoms with Crippen LogP contribution in [0.3, 0.4) is 0 Å². The highest BCUT2D eigenvalue weighted by Crippen LogP contribution is 2.46. The first-order valence-corrected chi connectivity index (χ1v) is 15.7. The SMILES string of the molecule is CC1C=CC=C(c2cccc(C3N(C(N)Nc4c(-c5ccccc5)ccc5c4oc4ccccc45)[N@]3Cc3ccccc3)c2)C1. The summed E-state index contributed by atoms with van der Waals surface area (Å²) in [7, 11) is 0. The Balaban J connectivity index is 1.18. The van der Waals surface area contributed by atoms with Gasteiger partial charge in [0.2, 0.25) is 0 Å². The van der Waals surface area contributed by atoms with E-state index in [1.54, 1.807) is 0 Å². The summed E-state index contributed by atoms with van der Waals surface area (Å²) in [6.45, 7) is 3.03. The molecule has 222 valence electrons. The van der Waals surface area contributed by atoms with E-state index in [9.17, 15) is 0 Å². The number of fused-ring (bicyclic) bond motifs is 3. The average molecular weight is 589 g/mol. The third kappa shape index (κ3) is 5.25. The van der Waals surface area contributed by atoms with Crippen LogP contribution in [-0.2, 0) is 6.54 Å². The second-order valence-corrected chi connectivity index (χ2v) is 12.1. The Labute approximate surface area is 263 Å². The Kier molecular flexibility index (Phi) is 7.07. The third-order valence-electron chi connectivity index (χ3n) is 9.01. The van der Waals surface area contributed by atoms with Crippen LogP contribution in [0.15, 0.2) is 144 Å². The van der Waals surface area contributed by atoms with E-state index in [-0.39, 0.29) is 6.17 Å². The van der Waals surface area contributed by atoms with Crippen molar-refractivity contribution in [2.75, 3.05) is 5.32 Å². The molecule has 0 bridgehead atoms. The van der Waals surface area contributed by atoms with Crippen LogP contribution in [0.4, 0.5) is 5.69 Å². The summed E-state index contributed by atoms with van der Waals surface area (Å²) < 4.78 is 6.51. The molecule has 5 heteroatoms. The zero-order chi connectivity index (χ0) is 30.3.